The van der Waals surface area contributed by atoms with Crippen LogP contribution in [0, 0.1) is 0 Å². The Morgan fingerprint density at radius 3 is 0.754 bits per heavy atom. The van der Waals surface area contributed by atoms with Crippen molar-refractivity contribution in [3.8, 4) is 45.3 Å². The first-order valence-corrected chi connectivity index (χ1v) is 20.2. The van der Waals surface area contributed by atoms with Gasteiger partial charge in [-0.15, -0.1) is 0 Å². The molecule has 8 aromatic rings. The van der Waals surface area contributed by atoms with Gasteiger partial charge in [0.15, 0.2) is 0 Å². The van der Waals surface area contributed by atoms with Gasteiger partial charge < -0.3 is 40.2 Å². The van der Waals surface area contributed by atoms with Crippen molar-refractivity contribution in [1.82, 2.24) is 0 Å². The highest BCUT2D eigenvalue weighted by molar-refractivity contribution is 5.98. The predicted molar refractivity (Wildman–Crippen MR) is 248 cm³/mol. The summed E-state index contributed by atoms with van der Waals surface area (Å²) < 4.78 is 23.1. The van der Waals surface area contributed by atoms with E-state index in [4.69, 9.17) is 18.9 Å². The molecule has 0 aromatic heterocycles. The molecular formula is C53H44N4O4. The Bertz CT molecular complexity index is 2560. The van der Waals surface area contributed by atoms with Crippen molar-refractivity contribution in [2.75, 3.05) is 49.7 Å². The van der Waals surface area contributed by atoms with Crippen LogP contribution in [0.3, 0.4) is 0 Å². The lowest BCUT2D eigenvalue weighted by atomic mass is 9.70. The first-order chi connectivity index (χ1) is 30.0. The summed E-state index contributed by atoms with van der Waals surface area (Å²) in [5.41, 5.74) is 15.9. The second kappa shape index (κ2) is 15.4. The minimum Gasteiger partial charge on any atom is -0.495 e. The zero-order valence-corrected chi connectivity index (χ0v) is 34.3. The molecule has 8 aromatic carbocycles. The highest BCUT2D eigenvalue weighted by Gasteiger charge is 2.52. The molecule has 10 rings (SSSR count). The van der Waals surface area contributed by atoms with Gasteiger partial charge in [-0.2, -0.15) is 0 Å². The number of ether oxygens (including phenoxy) is 4. The molecule has 0 atom stereocenters. The summed E-state index contributed by atoms with van der Waals surface area (Å²) in [6.45, 7) is 0. The Kier molecular flexibility index (Phi) is 9.45. The van der Waals surface area contributed by atoms with Crippen LogP contribution < -0.4 is 40.2 Å². The molecule has 0 aliphatic heterocycles. The Balaban J connectivity index is 1.23. The third-order valence-electron chi connectivity index (χ3n) is 11.8. The van der Waals surface area contributed by atoms with Gasteiger partial charge >= 0.3 is 0 Å². The normalized spacial score (nSPS) is 12.4. The van der Waals surface area contributed by atoms with Crippen LogP contribution in [0.1, 0.15) is 22.3 Å². The fraction of sp³-hybridized carbons (Fsp3) is 0.0943. The Labute approximate surface area is 355 Å². The number of hydrogen-bond donors (Lipinski definition) is 4. The second-order valence-electron chi connectivity index (χ2n) is 15.1. The number of methoxy groups -OCH3 is 4. The van der Waals surface area contributed by atoms with E-state index in [1.165, 1.54) is 22.3 Å². The highest BCUT2D eigenvalue weighted by Crippen LogP contribution is 2.64. The van der Waals surface area contributed by atoms with Gasteiger partial charge in [0.1, 0.15) is 23.0 Å². The van der Waals surface area contributed by atoms with Crippen LogP contribution in [-0.4, -0.2) is 28.4 Å². The monoisotopic (exact) mass is 800 g/mol. The molecule has 2 aliphatic carbocycles. The number of anilines is 8. The van der Waals surface area contributed by atoms with Gasteiger partial charge in [0, 0.05) is 22.7 Å². The number of nitrogens with one attached hydrogen (secondary N) is 4. The maximum absolute atomic E-state index is 5.77. The Hall–Kier alpha value is -7.84. The summed E-state index contributed by atoms with van der Waals surface area (Å²) in [7, 11) is 6.80. The summed E-state index contributed by atoms with van der Waals surface area (Å²) in [4.78, 5) is 0. The smallest absolute Gasteiger partial charge is 0.142 e. The first-order valence-electron chi connectivity index (χ1n) is 20.2. The van der Waals surface area contributed by atoms with Gasteiger partial charge in [-0.25, -0.2) is 0 Å². The molecule has 0 amide bonds. The van der Waals surface area contributed by atoms with Crippen LogP contribution in [0.4, 0.5) is 45.5 Å². The minimum absolute atomic E-state index is 0.747. The van der Waals surface area contributed by atoms with E-state index in [1.807, 2.05) is 97.1 Å². The van der Waals surface area contributed by atoms with Crippen LogP contribution in [0.5, 0.6) is 23.0 Å². The van der Waals surface area contributed by atoms with Crippen molar-refractivity contribution in [2.24, 2.45) is 0 Å². The fourth-order valence-electron chi connectivity index (χ4n) is 9.15. The van der Waals surface area contributed by atoms with E-state index in [0.29, 0.717) is 0 Å². The summed E-state index contributed by atoms with van der Waals surface area (Å²) >= 11 is 0. The number of hydrogen-bond acceptors (Lipinski definition) is 8. The molecule has 2 aliphatic rings. The molecule has 1 spiro atoms. The van der Waals surface area contributed by atoms with Gasteiger partial charge in [-0.05, 0) is 142 Å². The molecule has 0 fully saturated rings. The van der Waals surface area contributed by atoms with Crippen LogP contribution in [0.2, 0.25) is 0 Å². The lowest BCUT2D eigenvalue weighted by Gasteiger charge is -2.32. The lowest BCUT2D eigenvalue weighted by molar-refractivity contribution is 0.416. The molecular weight excluding hydrogens is 757 g/mol. The third-order valence-corrected chi connectivity index (χ3v) is 11.8. The minimum atomic E-state index is -0.747. The summed E-state index contributed by atoms with van der Waals surface area (Å²) in [6, 6.07) is 58.9. The molecule has 8 heteroatoms. The van der Waals surface area contributed by atoms with E-state index >= 15 is 0 Å². The van der Waals surface area contributed by atoms with E-state index in [2.05, 4.69) is 94.1 Å². The Morgan fingerprint density at radius 1 is 0.295 bits per heavy atom. The first kappa shape index (κ1) is 37.4. The maximum Gasteiger partial charge on any atom is 0.142 e. The number of rotatable bonds is 12. The van der Waals surface area contributed by atoms with Crippen molar-refractivity contribution in [1.29, 1.82) is 0 Å². The van der Waals surface area contributed by atoms with Gasteiger partial charge in [0.25, 0.3) is 0 Å². The third kappa shape index (κ3) is 6.31. The molecule has 0 saturated carbocycles. The van der Waals surface area contributed by atoms with E-state index in [0.717, 1.165) is 90.8 Å². The van der Waals surface area contributed by atoms with E-state index in [9.17, 15) is 0 Å². The number of benzene rings is 8. The SMILES string of the molecule is COc1ccccc1Nc1ccc2c(c1)C1(c3cc(Nc4ccccc4OC)ccc3-2)c2cc(Nc3ccccc3OC)ccc2-c2ccc(Nc3ccccc3OC)cc21. The van der Waals surface area contributed by atoms with Crippen molar-refractivity contribution in [2.45, 2.75) is 5.41 Å². The molecule has 300 valence electrons. The van der Waals surface area contributed by atoms with E-state index in [1.54, 1.807) is 28.4 Å². The molecule has 0 radical (unpaired) electrons. The zero-order valence-electron chi connectivity index (χ0n) is 34.3. The second-order valence-corrected chi connectivity index (χ2v) is 15.1. The van der Waals surface area contributed by atoms with Crippen molar-refractivity contribution in [3.05, 3.63) is 192 Å². The van der Waals surface area contributed by atoms with Crippen LogP contribution >= 0.6 is 0 Å². The maximum atomic E-state index is 5.77. The van der Waals surface area contributed by atoms with Crippen molar-refractivity contribution in [3.63, 3.8) is 0 Å². The van der Waals surface area contributed by atoms with E-state index in [-0.39, 0.29) is 0 Å². The average Bonchev–Trinajstić information content (AvgIpc) is 3.75. The molecule has 4 N–H and O–H groups in total. The summed E-state index contributed by atoms with van der Waals surface area (Å²) in [5.74, 6) is 3.07. The lowest BCUT2D eigenvalue weighted by Crippen LogP contribution is -2.26. The van der Waals surface area contributed by atoms with Crippen molar-refractivity contribution >= 4 is 45.5 Å². The van der Waals surface area contributed by atoms with Gasteiger partial charge in [-0.3, -0.25) is 0 Å². The summed E-state index contributed by atoms with van der Waals surface area (Å²) in [5, 5.41) is 14.8. The van der Waals surface area contributed by atoms with Gasteiger partial charge in [0.05, 0.1) is 56.6 Å². The largest absolute Gasteiger partial charge is 0.495 e. The molecule has 0 saturated heterocycles. The Morgan fingerprint density at radius 2 is 0.525 bits per heavy atom. The standard InChI is InChI=1S/C53H44N4O4/c1-58-49-17-9-5-13-45(49)54-33-21-25-37-38-26-22-34(55-46-14-6-10-18-50(46)59-2)30-42(38)53(41(37)29-33)43-31-35(56-47-15-7-11-19-51(47)60-3)23-27-39(43)40-28-24-36(32-44(40)53)57-48-16-8-12-20-52(48)61-4/h5-32,54-57H,1-4H3. The van der Waals surface area contributed by atoms with Crippen LogP contribution in [0.15, 0.2) is 170 Å². The van der Waals surface area contributed by atoms with Gasteiger partial charge in [-0.1, -0.05) is 72.8 Å². The predicted octanol–water partition coefficient (Wildman–Crippen LogP) is 13.0. The molecule has 61 heavy (non-hydrogen) atoms. The zero-order chi connectivity index (χ0) is 41.5. The average molecular weight is 801 g/mol. The van der Waals surface area contributed by atoms with Crippen molar-refractivity contribution < 1.29 is 18.9 Å². The molecule has 8 nitrogen and oxygen atoms in total. The van der Waals surface area contributed by atoms with Crippen LogP contribution in [0.25, 0.3) is 22.3 Å². The number of para-hydroxylation sites is 8. The molecule has 0 heterocycles. The fourth-order valence-corrected chi connectivity index (χ4v) is 9.15. The summed E-state index contributed by atoms with van der Waals surface area (Å²) in [6.07, 6.45) is 0. The molecule has 0 unspecified atom stereocenters. The highest BCUT2D eigenvalue weighted by atomic mass is 16.5. The van der Waals surface area contributed by atoms with E-state index < -0.39 is 5.41 Å². The number of fused-ring (bicyclic) bond motifs is 10. The quantitative estimate of drug-likeness (QED) is 0.0972. The van der Waals surface area contributed by atoms with Gasteiger partial charge in [0.2, 0.25) is 0 Å². The van der Waals surface area contributed by atoms with Crippen LogP contribution in [-0.2, 0) is 5.41 Å². The molecule has 0 bridgehead atoms. The topological polar surface area (TPSA) is 85.0 Å².